The molecule has 0 heterocycles. The lowest BCUT2D eigenvalue weighted by Crippen LogP contribution is -2.33. The smallest absolute Gasteiger partial charge is 0.256 e. The Morgan fingerprint density at radius 3 is 2.57 bits per heavy atom. The minimum absolute atomic E-state index is 0.282. The fourth-order valence-electron chi connectivity index (χ4n) is 2.06. The molecule has 2 rings (SSSR count). The van der Waals surface area contributed by atoms with E-state index in [1.165, 1.54) is 11.0 Å². The number of hydrogen-bond acceptors (Lipinski definition) is 3. The van der Waals surface area contributed by atoms with Gasteiger partial charge in [0.1, 0.15) is 4.90 Å². The summed E-state index contributed by atoms with van der Waals surface area (Å²) in [5.41, 5.74) is -0.282. The number of hydrogen-bond donors (Lipinski definition) is 1. The van der Waals surface area contributed by atoms with Gasteiger partial charge in [0.05, 0.1) is 5.56 Å². The molecule has 1 aromatic rings. The molecule has 0 spiro atoms. The zero-order chi connectivity index (χ0) is 15.8. The predicted molar refractivity (Wildman–Crippen MR) is 79.8 cm³/mol. The third-order valence-corrected chi connectivity index (χ3v) is 4.75. The molecule has 0 bridgehead atoms. The molecule has 0 atom stereocenters. The summed E-state index contributed by atoms with van der Waals surface area (Å²) in [5, 5.41) is 4.98. The van der Waals surface area contributed by atoms with Gasteiger partial charge in [-0.15, -0.1) is 0 Å². The van der Waals surface area contributed by atoms with Crippen molar-refractivity contribution in [3.05, 3.63) is 28.0 Å². The van der Waals surface area contributed by atoms with Gasteiger partial charge < -0.3 is 4.90 Å². The Bertz CT molecular complexity index is 674. The Balaban J connectivity index is 2.42. The topological polar surface area (TPSA) is 80.5 Å². The average molecular weight is 379 g/mol. The molecule has 2 N–H and O–H groups in total. The van der Waals surface area contributed by atoms with E-state index in [-0.39, 0.29) is 5.56 Å². The molecule has 0 saturated heterocycles. The summed E-state index contributed by atoms with van der Waals surface area (Å²) in [6.45, 7) is 2.80. The van der Waals surface area contributed by atoms with Crippen molar-refractivity contribution in [3.8, 4) is 0 Å². The van der Waals surface area contributed by atoms with Crippen LogP contribution in [0.3, 0.4) is 0 Å². The van der Waals surface area contributed by atoms with Crippen LogP contribution in [0.15, 0.2) is 21.5 Å². The zero-order valence-electron chi connectivity index (χ0n) is 11.5. The number of nitrogens with zero attached hydrogens (tertiary/aromatic N) is 1. The quantitative estimate of drug-likeness (QED) is 0.851. The second kappa shape index (κ2) is 6.02. The van der Waals surface area contributed by atoms with E-state index in [1.54, 1.807) is 6.92 Å². The van der Waals surface area contributed by atoms with Crippen LogP contribution in [0.1, 0.15) is 30.1 Å². The van der Waals surface area contributed by atoms with Crippen molar-refractivity contribution in [2.45, 2.75) is 24.7 Å². The highest BCUT2D eigenvalue weighted by molar-refractivity contribution is 9.10. The van der Waals surface area contributed by atoms with Gasteiger partial charge in [0.15, 0.2) is 5.82 Å². The van der Waals surface area contributed by atoms with Crippen LogP contribution in [-0.2, 0) is 10.0 Å². The fourth-order valence-corrected chi connectivity index (χ4v) is 3.33. The van der Waals surface area contributed by atoms with Crippen LogP contribution in [0.2, 0.25) is 0 Å². The average Bonchev–Trinajstić information content (AvgIpc) is 3.20. The highest BCUT2D eigenvalue weighted by atomic mass is 79.9. The van der Waals surface area contributed by atoms with Crippen LogP contribution in [0.25, 0.3) is 0 Å². The molecule has 1 aliphatic rings. The maximum absolute atomic E-state index is 14.3. The summed E-state index contributed by atoms with van der Waals surface area (Å²) in [6.07, 6.45) is 2.13. The number of nitrogens with two attached hydrogens (primary N) is 1. The number of carbonyl (C=O) groups excluding carboxylic acids is 1. The lowest BCUT2D eigenvalue weighted by molar-refractivity contribution is 0.0751. The predicted octanol–water partition coefficient (Wildman–Crippen LogP) is 2.11. The molecule has 1 fully saturated rings. The third kappa shape index (κ3) is 3.81. The maximum Gasteiger partial charge on any atom is 0.256 e. The Hall–Kier alpha value is -0.990. The molecule has 8 heteroatoms. The number of benzene rings is 1. The van der Waals surface area contributed by atoms with Crippen LogP contribution >= 0.6 is 15.9 Å². The molecule has 5 nitrogen and oxygen atoms in total. The molecule has 0 unspecified atom stereocenters. The molecule has 1 amide bonds. The normalized spacial score (nSPS) is 15.0. The first-order chi connectivity index (χ1) is 9.74. The second-order valence-electron chi connectivity index (χ2n) is 5.10. The number of amides is 1. The summed E-state index contributed by atoms with van der Waals surface area (Å²) >= 11 is 3.08. The molecule has 21 heavy (non-hydrogen) atoms. The lowest BCUT2D eigenvalue weighted by atomic mass is 10.1. The Labute approximate surface area is 131 Å². The first-order valence-corrected chi connectivity index (χ1v) is 8.89. The number of halogens is 2. The van der Waals surface area contributed by atoms with E-state index < -0.39 is 26.6 Å². The Morgan fingerprint density at radius 2 is 2.10 bits per heavy atom. The standard InChI is InChI=1S/C13H16BrFN2O3S/c1-2-17(7-8-3-4-8)13(18)10-5-9(14)6-11(12(10)15)21(16,19)20/h5-6,8H,2-4,7H2,1H3,(H2,16,19,20). The summed E-state index contributed by atoms with van der Waals surface area (Å²) < 4.78 is 37.4. The third-order valence-electron chi connectivity index (χ3n) is 3.39. The van der Waals surface area contributed by atoms with Crippen molar-refractivity contribution < 1.29 is 17.6 Å². The van der Waals surface area contributed by atoms with Crippen molar-refractivity contribution in [2.24, 2.45) is 11.1 Å². The zero-order valence-corrected chi connectivity index (χ0v) is 13.9. The summed E-state index contributed by atoms with van der Waals surface area (Å²) in [7, 11) is -4.23. The summed E-state index contributed by atoms with van der Waals surface area (Å²) in [5.74, 6) is -1.16. The van der Waals surface area contributed by atoms with Crippen LogP contribution in [0.5, 0.6) is 0 Å². The molecule has 116 valence electrons. The van der Waals surface area contributed by atoms with E-state index in [1.807, 2.05) is 0 Å². The highest BCUT2D eigenvalue weighted by Gasteiger charge is 2.29. The van der Waals surface area contributed by atoms with Gasteiger partial charge in [-0.2, -0.15) is 0 Å². The molecule has 0 aromatic heterocycles. The minimum Gasteiger partial charge on any atom is -0.339 e. The van der Waals surface area contributed by atoms with Gasteiger partial charge in [-0.1, -0.05) is 15.9 Å². The molecule has 1 saturated carbocycles. The molecule has 1 aromatic carbocycles. The van der Waals surface area contributed by atoms with E-state index >= 15 is 0 Å². The maximum atomic E-state index is 14.3. The summed E-state index contributed by atoms with van der Waals surface area (Å²) in [6, 6.07) is 2.33. The van der Waals surface area contributed by atoms with E-state index in [2.05, 4.69) is 15.9 Å². The molecule has 0 aliphatic heterocycles. The van der Waals surface area contributed by atoms with Crippen LogP contribution in [0.4, 0.5) is 4.39 Å². The summed E-state index contributed by atoms with van der Waals surface area (Å²) in [4.78, 5) is 13.3. The van der Waals surface area contributed by atoms with Crippen molar-refractivity contribution >= 4 is 31.9 Å². The van der Waals surface area contributed by atoms with Crippen LogP contribution in [0, 0.1) is 11.7 Å². The minimum atomic E-state index is -4.23. The van der Waals surface area contributed by atoms with Crippen LogP contribution in [-0.4, -0.2) is 32.3 Å². The first-order valence-electron chi connectivity index (χ1n) is 6.55. The van der Waals surface area contributed by atoms with E-state index in [4.69, 9.17) is 5.14 Å². The van der Waals surface area contributed by atoms with Gasteiger partial charge in [0, 0.05) is 17.6 Å². The lowest BCUT2D eigenvalue weighted by Gasteiger charge is -2.21. The SMILES string of the molecule is CCN(CC1CC1)C(=O)c1cc(Br)cc(S(N)(=O)=O)c1F. The first kappa shape index (κ1) is 16.4. The second-order valence-corrected chi connectivity index (χ2v) is 7.54. The van der Waals surface area contributed by atoms with E-state index in [0.717, 1.165) is 18.9 Å². The largest absolute Gasteiger partial charge is 0.339 e. The number of rotatable bonds is 5. The monoisotopic (exact) mass is 378 g/mol. The van der Waals surface area contributed by atoms with Gasteiger partial charge in [0.25, 0.3) is 5.91 Å². The van der Waals surface area contributed by atoms with E-state index in [9.17, 15) is 17.6 Å². The number of sulfonamides is 1. The van der Waals surface area contributed by atoms with Crippen molar-refractivity contribution in [1.29, 1.82) is 0 Å². The van der Waals surface area contributed by atoms with Crippen molar-refractivity contribution in [3.63, 3.8) is 0 Å². The van der Waals surface area contributed by atoms with Gasteiger partial charge in [-0.05, 0) is 37.8 Å². The fraction of sp³-hybridized carbons (Fsp3) is 0.462. The van der Waals surface area contributed by atoms with Gasteiger partial charge in [-0.3, -0.25) is 4.79 Å². The molecule has 1 aliphatic carbocycles. The van der Waals surface area contributed by atoms with Crippen LogP contribution < -0.4 is 5.14 Å². The van der Waals surface area contributed by atoms with Gasteiger partial charge in [0.2, 0.25) is 10.0 Å². The molecular weight excluding hydrogens is 363 g/mol. The molecule has 0 radical (unpaired) electrons. The van der Waals surface area contributed by atoms with Crippen molar-refractivity contribution in [2.75, 3.05) is 13.1 Å². The molecular formula is C13H16BrFN2O3S. The number of primary sulfonamides is 1. The van der Waals surface area contributed by atoms with Crippen molar-refractivity contribution in [1.82, 2.24) is 4.90 Å². The Kier molecular flexibility index (Phi) is 4.69. The van der Waals surface area contributed by atoms with E-state index in [0.29, 0.717) is 23.5 Å². The highest BCUT2D eigenvalue weighted by Crippen LogP contribution is 2.31. The Morgan fingerprint density at radius 1 is 1.48 bits per heavy atom. The van der Waals surface area contributed by atoms with Gasteiger partial charge >= 0.3 is 0 Å². The number of carbonyl (C=O) groups is 1. The van der Waals surface area contributed by atoms with Gasteiger partial charge in [-0.25, -0.2) is 17.9 Å².